The van der Waals surface area contributed by atoms with Gasteiger partial charge in [0.15, 0.2) is 0 Å². The zero-order valence-corrected chi connectivity index (χ0v) is 12.7. The molecule has 0 heterocycles. The summed E-state index contributed by atoms with van der Waals surface area (Å²) in [4.78, 5) is 0. The van der Waals surface area contributed by atoms with E-state index in [0.717, 1.165) is 18.0 Å². The topological polar surface area (TPSA) is 30.5 Å². The van der Waals surface area contributed by atoms with Crippen molar-refractivity contribution < 1.29 is 9.47 Å². The summed E-state index contributed by atoms with van der Waals surface area (Å²) in [6, 6.07) is 6.57. The Morgan fingerprint density at radius 2 is 1.95 bits per heavy atom. The van der Waals surface area contributed by atoms with Crippen molar-refractivity contribution in [1.29, 1.82) is 0 Å². The van der Waals surface area contributed by atoms with Crippen LogP contribution in [0.2, 0.25) is 0 Å². The summed E-state index contributed by atoms with van der Waals surface area (Å²) in [5.74, 6) is 1.72. The number of rotatable bonds is 9. The van der Waals surface area contributed by atoms with Gasteiger partial charge in [0.05, 0.1) is 14.2 Å². The summed E-state index contributed by atoms with van der Waals surface area (Å²) in [6.45, 7) is 5.31. The standard InChI is InChI=1S/C16H27NO2/c1-5-7-8-14(6-2)17-12-13-9-10-15(18-3)11-16(13)19-4/h9-11,14,17H,5-8,12H2,1-4H3. The van der Waals surface area contributed by atoms with Gasteiger partial charge in [0.2, 0.25) is 0 Å². The average molecular weight is 265 g/mol. The van der Waals surface area contributed by atoms with Gasteiger partial charge >= 0.3 is 0 Å². The largest absolute Gasteiger partial charge is 0.497 e. The van der Waals surface area contributed by atoms with Crippen LogP contribution < -0.4 is 14.8 Å². The van der Waals surface area contributed by atoms with Gasteiger partial charge in [0, 0.05) is 24.2 Å². The highest BCUT2D eigenvalue weighted by Gasteiger charge is 2.08. The zero-order chi connectivity index (χ0) is 14.1. The molecule has 0 amide bonds. The third kappa shape index (κ3) is 5.11. The van der Waals surface area contributed by atoms with Crippen molar-refractivity contribution in [2.75, 3.05) is 14.2 Å². The minimum Gasteiger partial charge on any atom is -0.497 e. The second-order valence-corrected chi connectivity index (χ2v) is 4.81. The highest BCUT2D eigenvalue weighted by molar-refractivity contribution is 5.40. The summed E-state index contributed by atoms with van der Waals surface area (Å²) in [5, 5.41) is 3.61. The number of unbranched alkanes of at least 4 members (excludes halogenated alkanes) is 1. The first-order chi connectivity index (χ1) is 9.24. The number of benzene rings is 1. The molecule has 0 radical (unpaired) electrons. The lowest BCUT2D eigenvalue weighted by Gasteiger charge is -2.18. The van der Waals surface area contributed by atoms with E-state index >= 15 is 0 Å². The van der Waals surface area contributed by atoms with Crippen LogP contribution in [0.3, 0.4) is 0 Å². The molecule has 3 heteroatoms. The lowest BCUT2D eigenvalue weighted by molar-refractivity contribution is 0.386. The van der Waals surface area contributed by atoms with E-state index in [-0.39, 0.29) is 0 Å². The predicted octanol–water partition coefficient (Wildman–Crippen LogP) is 3.76. The average Bonchev–Trinajstić information content (AvgIpc) is 2.47. The normalized spacial score (nSPS) is 12.2. The van der Waals surface area contributed by atoms with Crippen LogP contribution in [0.4, 0.5) is 0 Å². The van der Waals surface area contributed by atoms with E-state index in [4.69, 9.17) is 9.47 Å². The maximum Gasteiger partial charge on any atom is 0.127 e. The fraction of sp³-hybridized carbons (Fsp3) is 0.625. The lowest BCUT2D eigenvalue weighted by atomic mass is 10.1. The molecule has 0 saturated heterocycles. The molecule has 0 bridgehead atoms. The first-order valence-corrected chi connectivity index (χ1v) is 7.19. The van der Waals surface area contributed by atoms with Crippen molar-refractivity contribution in [2.45, 2.75) is 52.1 Å². The van der Waals surface area contributed by atoms with E-state index in [2.05, 4.69) is 25.2 Å². The molecule has 1 aromatic rings. The van der Waals surface area contributed by atoms with Gasteiger partial charge in [-0.2, -0.15) is 0 Å². The molecule has 1 aromatic carbocycles. The van der Waals surface area contributed by atoms with Gasteiger partial charge in [-0.3, -0.25) is 0 Å². The third-order valence-corrected chi connectivity index (χ3v) is 3.47. The Morgan fingerprint density at radius 3 is 2.53 bits per heavy atom. The van der Waals surface area contributed by atoms with Gasteiger partial charge in [-0.25, -0.2) is 0 Å². The lowest BCUT2D eigenvalue weighted by Crippen LogP contribution is -2.28. The Labute approximate surface area is 117 Å². The molecule has 108 valence electrons. The van der Waals surface area contributed by atoms with Crippen LogP contribution in [0.25, 0.3) is 0 Å². The van der Waals surface area contributed by atoms with Gasteiger partial charge in [-0.05, 0) is 18.9 Å². The summed E-state index contributed by atoms with van der Waals surface area (Å²) in [5.41, 5.74) is 1.18. The molecule has 0 aliphatic carbocycles. The Hall–Kier alpha value is -1.22. The maximum absolute atomic E-state index is 5.41. The van der Waals surface area contributed by atoms with Crippen molar-refractivity contribution in [2.24, 2.45) is 0 Å². The van der Waals surface area contributed by atoms with Crippen LogP contribution in [0, 0.1) is 0 Å². The molecule has 1 rings (SSSR count). The van der Waals surface area contributed by atoms with Gasteiger partial charge in [0.25, 0.3) is 0 Å². The van der Waals surface area contributed by atoms with Crippen LogP contribution in [-0.2, 0) is 6.54 Å². The molecular weight excluding hydrogens is 238 g/mol. The minimum absolute atomic E-state index is 0.590. The summed E-state index contributed by atoms with van der Waals surface area (Å²) in [6.07, 6.45) is 4.94. The van der Waals surface area contributed by atoms with Gasteiger partial charge in [-0.1, -0.05) is 32.8 Å². The van der Waals surface area contributed by atoms with E-state index < -0.39 is 0 Å². The predicted molar refractivity (Wildman–Crippen MR) is 80.0 cm³/mol. The number of nitrogens with one attached hydrogen (secondary N) is 1. The molecular formula is C16H27NO2. The molecule has 0 aliphatic heterocycles. The van der Waals surface area contributed by atoms with E-state index in [1.807, 2.05) is 12.1 Å². The SMILES string of the molecule is CCCCC(CC)NCc1ccc(OC)cc1OC. The second kappa shape index (κ2) is 8.81. The quantitative estimate of drug-likeness (QED) is 0.737. The van der Waals surface area contributed by atoms with Crippen molar-refractivity contribution >= 4 is 0 Å². The van der Waals surface area contributed by atoms with Crippen LogP contribution in [0.1, 0.15) is 45.1 Å². The van der Waals surface area contributed by atoms with E-state index in [1.165, 1.54) is 31.2 Å². The fourth-order valence-electron chi connectivity index (χ4n) is 2.15. The second-order valence-electron chi connectivity index (χ2n) is 4.81. The highest BCUT2D eigenvalue weighted by Crippen LogP contribution is 2.24. The molecule has 0 fully saturated rings. The third-order valence-electron chi connectivity index (χ3n) is 3.47. The van der Waals surface area contributed by atoms with Crippen LogP contribution in [-0.4, -0.2) is 20.3 Å². The van der Waals surface area contributed by atoms with Gasteiger partial charge in [0.1, 0.15) is 11.5 Å². The van der Waals surface area contributed by atoms with Crippen molar-refractivity contribution in [3.8, 4) is 11.5 Å². The molecule has 3 nitrogen and oxygen atoms in total. The Kier molecular flexibility index (Phi) is 7.34. The molecule has 19 heavy (non-hydrogen) atoms. The Morgan fingerprint density at radius 1 is 1.16 bits per heavy atom. The number of methoxy groups -OCH3 is 2. The molecule has 0 aliphatic rings. The summed E-state index contributed by atoms with van der Waals surface area (Å²) in [7, 11) is 3.37. The molecule has 1 atom stereocenters. The fourth-order valence-corrected chi connectivity index (χ4v) is 2.15. The minimum atomic E-state index is 0.590. The van der Waals surface area contributed by atoms with Crippen LogP contribution >= 0.6 is 0 Å². The van der Waals surface area contributed by atoms with E-state index in [9.17, 15) is 0 Å². The smallest absolute Gasteiger partial charge is 0.127 e. The maximum atomic E-state index is 5.41. The van der Waals surface area contributed by atoms with E-state index in [0.29, 0.717) is 6.04 Å². The molecule has 0 aromatic heterocycles. The van der Waals surface area contributed by atoms with Crippen molar-refractivity contribution in [3.05, 3.63) is 23.8 Å². The van der Waals surface area contributed by atoms with Gasteiger partial charge in [-0.15, -0.1) is 0 Å². The zero-order valence-electron chi connectivity index (χ0n) is 12.7. The Balaban J connectivity index is 2.60. The summed E-state index contributed by atoms with van der Waals surface area (Å²) < 4.78 is 10.6. The van der Waals surface area contributed by atoms with Gasteiger partial charge < -0.3 is 14.8 Å². The molecule has 0 spiro atoms. The van der Waals surface area contributed by atoms with Crippen molar-refractivity contribution in [1.82, 2.24) is 5.32 Å². The summed E-state index contributed by atoms with van der Waals surface area (Å²) >= 11 is 0. The van der Waals surface area contributed by atoms with Crippen LogP contribution in [0.15, 0.2) is 18.2 Å². The van der Waals surface area contributed by atoms with Crippen LogP contribution in [0.5, 0.6) is 11.5 Å². The number of hydrogen-bond donors (Lipinski definition) is 1. The first kappa shape index (κ1) is 15.8. The highest BCUT2D eigenvalue weighted by atomic mass is 16.5. The monoisotopic (exact) mass is 265 g/mol. The molecule has 0 saturated carbocycles. The van der Waals surface area contributed by atoms with Crippen molar-refractivity contribution in [3.63, 3.8) is 0 Å². The number of ether oxygens (including phenoxy) is 2. The first-order valence-electron chi connectivity index (χ1n) is 7.19. The molecule has 1 N–H and O–H groups in total. The van der Waals surface area contributed by atoms with E-state index in [1.54, 1.807) is 14.2 Å². The Bertz CT molecular complexity index is 366. The number of hydrogen-bond acceptors (Lipinski definition) is 3. The molecule has 1 unspecified atom stereocenters.